The quantitative estimate of drug-likeness (QED) is 0.761. The van der Waals surface area contributed by atoms with Crippen LogP contribution in [0.2, 0.25) is 0 Å². The third kappa shape index (κ3) is 3.24. The van der Waals surface area contributed by atoms with E-state index in [9.17, 15) is 0 Å². The molecule has 2 N–H and O–H groups in total. The molecule has 86 valence electrons. The van der Waals surface area contributed by atoms with Crippen LogP contribution >= 0.6 is 0 Å². The van der Waals surface area contributed by atoms with E-state index in [4.69, 9.17) is 15.2 Å². The first-order valence-corrected chi connectivity index (χ1v) is 5.42. The lowest BCUT2D eigenvalue weighted by atomic mass is 10.2. The lowest BCUT2D eigenvalue weighted by Gasteiger charge is -2.06. The van der Waals surface area contributed by atoms with Crippen molar-refractivity contribution in [2.75, 3.05) is 13.2 Å². The number of hydrogen-bond donors (Lipinski definition) is 1. The van der Waals surface area contributed by atoms with E-state index in [1.807, 2.05) is 18.2 Å². The van der Waals surface area contributed by atoms with E-state index in [0.29, 0.717) is 25.8 Å². The molecule has 0 aliphatic carbocycles. The largest absolute Gasteiger partial charge is 0.463 e. The maximum atomic E-state index is 5.55. The van der Waals surface area contributed by atoms with Crippen LogP contribution in [0.25, 0.3) is 0 Å². The molecule has 1 aliphatic heterocycles. The molecule has 1 aromatic carbocycles. The smallest absolute Gasteiger partial charge is 0.282 e. The number of rotatable bonds is 5. The molecule has 1 aromatic rings. The number of aliphatic imine (C=N–C) groups is 1. The fourth-order valence-corrected chi connectivity index (χ4v) is 1.57. The molecule has 0 bridgehead atoms. The number of ether oxygens (including phenoxy) is 2. The van der Waals surface area contributed by atoms with Crippen LogP contribution in [0.1, 0.15) is 12.0 Å². The average molecular weight is 220 g/mol. The van der Waals surface area contributed by atoms with Gasteiger partial charge < -0.3 is 15.2 Å². The molecule has 0 saturated carbocycles. The predicted octanol–water partition coefficient (Wildman–Crippen LogP) is 1.31. The van der Waals surface area contributed by atoms with Gasteiger partial charge >= 0.3 is 0 Å². The van der Waals surface area contributed by atoms with Crippen LogP contribution in [0.15, 0.2) is 35.3 Å². The third-order valence-corrected chi connectivity index (χ3v) is 2.44. The minimum Gasteiger partial charge on any atom is -0.463 e. The van der Waals surface area contributed by atoms with E-state index in [2.05, 4.69) is 17.1 Å². The van der Waals surface area contributed by atoms with Crippen LogP contribution < -0.4 is 5.73 Å². The van der Waals surface area contributed by atoms with Crippen molar-refractivity contribution in [2.24, 2.45) is 10.7 Å². The van der Waals surface area contributed by atoms with Gasteiger partial charge in [-0.2, -0.15) is 0 Å². The second-order valence-corrected chi connectivity index (χ2v) is 3.76. The Morgan fingerprint density at radius 2 is 2.19 bits per heavy atom. The van der Waals surface area contributed by atoms with Crippen LogP contribution in [-0.2, 0) is 16.1 Å². The van der Waals surface area contributed by atoms with E-state index >= 15 is 0 Å². The molecule has 16 heavy (non-hydrogen) atoms. The molecular weight excluding hydrogens is 204 g/mol. The lowest BCUT2D eigenvalue weighted by molar-refractivity contribution is 0.111. The van der Waals surface area contributed by atoms with Crippen LogP contribution in [0.4, 0.5) is 0 Å². The molecule has 4 nitrogen and oxygen atoms in total. The molecule has 0 fully saturated rings. The molecule has 0 aromatic heterocycles. The number of nitrogens with zero attached hydrogens (tertiary/aromatic N) is 1. The van der Waals surface area contributed by atoms with Gasteiger partial charge in [0.1, 0.15) is 6.61 Å². The van der Waals surface area contributed by atoms with E-state index < -0.39 is 0 Å². The van der Waals surface area contributed by atoms with Gasteiger partial charge in [0.15, 0.2) is 0 Å². The Morgan fingerprint density at radius 1 is 1.38 bits per heavy atom. The second kappa shape index (κ2) is 5.51. The third-order valence-electron chi connectivity index (χ3n) is 2.44. The molecule has 0 radical (unpaired) electrons. The van der Waals surface area contributed by atoms with Crippen molar-refractivity contribution < 1.29 is 9.47 Å². The minimum atomic E-state index is 0.163. The van der Waals surface area contributed by atoms with Crippen molar-refractivity contribution in [3.8, 4) is 0 Å². The first kappa shape index (κ1) is 11.0. The highest BCUT2D eigenvalue weighted by atomic mass is 16.5. The minimum absolute atomic E-state index is 0.163. The Bertz CT molecular complexity index is 351. The predicted molar refractivity (Wildman–Crippen MR) is 62.1 cm³/mol. The fraction of sp³-hybridized carbons (Fsp3) is 0.417. The molecule has 4 heteroatoms. The highest BCUT2D eigenvalue weighted by Crippen LogP contribution is 2.07. The normalized spacial score (nSPS) is 19.2. The molecule has 1 heterocycles. The highest BCUT2D eigenvalue weighted by molar-refractivity contribution is 5.72. The number of nitrogens with two attached hydrogens (primary N) is 1. The molecule has 2 rings (SSSR count). The van der Waals surface area contributed by atoms with Gasteiger partial charge in [-0.25, -0.2) is 4.99 Å². The summed E-state index contributed by atoms with van der Waals surface area (Å²) in [4.78, 5) is 4.13. The van der Waals surface area contributed by atoms with Gasteiger partial charge in [-0.05, 0) is 12.0 Å². The first-order chi connectivity index (χ1) is 7.84. The molecular formula is C12H16N2O2. The number of benzene rings is 1. The van der Waals surface area contributed by atoms with Crippen molar-refractivity contribution in [1.82, 2.24) is 0 Å². The zero-order valence-corrected chi connectivity index (χ0v) is 9.13. The van der Waals surface area contributed by atoms with Crippen molar-refractivity contribution in [2.45, 2.75) is 19.1 Å². The monoisotopic (exact) mass is 220 g/mol. The second-order valence-electron chi connectivity index (χ2n) is 3.76. The van der Waals surface area contributed by atoms with Gasteiger partial charge in [0.2, 0.25) is 0 Å². The van der Waals surface area contributed by atoms with Crippen LogP contribution in [0, 0.1) is 0 Å². The Hall–Kier alpha value is -1.55. The van der Waals surface area contributed by atoms with Gasteiger partial charge in [0, 0.05) is 6.61 Å². The van der Waals surface area contributed by atoms with Crippen molar-refractivity contribution >= 4 is 6.02 Å². The Kier molecular flexibility index (Phi) is 3.77. The molecule has 1 atom stereocenters. The standard InChI is InChI=1S/C12H16N2O2/c13-12-14-11(9-16-12)6-7-15-8-10-4-2-1-3-5-10/h1-5,11H,6-9H2,(H2,13,14). The van der Waals surface area contributed by atoms with Gasteiger partial charge in [0.05, 0.1) is 12.6 Å². The van der Waals surface area contributed by atoms with Crippen molar-refractivity contribution in [3.63, 3.8) is 0 Å². The summed E-state index contributed by atoms with van der Waals surface area (Å²) in [7, 11) is 0. The molecule has 0 spiro atoms. The number of hydrogen-bond acceptors (Lipinski definition) is 4. The summed E-state index contributed by atoms with van der Waals surface area (Å²) in [5.74, 6) is 0. The van der Waals surface area contributed by atoms with E-state index in [-0.39, 0.29) is 6.04 Å². The molecule has 0 saturated heterocycles. The van der Waals surface area contributed by atoms with Crippen molar-refractivity contribution in [1.29, 1.82) is 0 Å². The van der Waals surface area contributed by atoms with Gasteiger partial charge in [-0.1, -0.05) is 30.3 Å². The van der Waals surface area contributed by atoms with E-state index in [1.54, 1.807) is 0 Å². The van der Waals surface area contributed by atoms with Crippen LogP contribution in [-0.4, -0.2) is 25.3 Å². The average Bonchev–Trinajstić information content (AvgIpc) is 2.72. The maximum absolute atomic E-state index is 5.55. The van der Waals surface area contributed by atoms with Gasteiger partial charge in [-0.3, -0.25) is 0 Å². The Balaban J connectivity index is 1.62. The van der Waals surface area contributed by atoms with Crippen LogP contribution in [0.5, 0.6) is 0 Å². The van der Waals surface area contributed by atoms with Gasteiger partial charge in [0.25, 0.3) is 6.02 Å². The summed E-state index contributed by atoms with van der Waals surface area (Å²) in [5.41, 5.74) is 6.60. The van der Waals surface area contributed by atoms with E-state index in [0.717, 1.165) is 6.42 Å². The Labute approximate surface area is 95.1 Å². The maximum Gasteiger partial charge on any atom is 0.282 e. The van der Waals surface area contributed by atoms with Crippen molar-refractivity contribution in [3.05, 3.63) is 35.9 Å². The zero-order valence-electron chi connectivity index (χ0n) is 9.13. The molecule has 1 unspecified atom stereocenters. The summed E-state index contributed by atoms with van der Waals surface area (Å²) in [6.07, 6.45) is 0.855. The zero-order chi connectivity index (χ0) is 11.2. The molecule has 0 amide bonds. The number of amidine groups is 1. The fourth-order valence-electron chi connectivity index (χ4n) is 1.57. The van der Waals surface area contributed by atoms with E-state index in [1.165, 1.54) is 5.56 Å². The molecule has 1 aliphatic rings. The summed E-state index contributed by atoms with van der Waals surface area (Å²) < 4.78 is 10.6. The SMILES string of the molecule is NC1=NC(CCOCc2ccccc2)CO1. The summed E-state index contributed by atoms with van der Waals surface area (Å²) in [5, 5.41) is 0. The summed E-state index contributed by atoms with van der Waals surface area (Å²) >= 11 is 0. The van der Waals surface area contributed by atoms with Crippen LogP contribution in [0.3, 0.4) is 0 Å². The topological polar surface area (TPSA) is 56.8 Å². The Morgan fingerprint density at radius 3 is 2.88 bits per heavy atom. The summed E-state index contributed by atoms with van der Waals surface area (Å²) in [6.45, 7) is 1.91. The van der Waals surface area contributed by atoms with Gasteiger partial charge in [-0.15, -0.1) is 0 Å². The first-order valence-electron chi connectivity index (χ1n) is 5.42. The summed E-state index contributed by atoms with van der Waals surface area (Å²) in [6, 6.07) is 10.6. The highest BCUT2D eigenvalue weighted by Gasteiger charge is 2.15. The lowest BCUT2D eigenvalue weighted by Crippen LogP contribution is -2.11.